The molecule has 1 saturated heterocycles. The first-order valence-corrected chi connectivity index (χ1v) is 7.50. The van der Waals surface area contributed by atoms with Crippen molar-refractivity contribution in [3.8, 4) is 0 Å². The van der Waals surface area contributed by atoms with Crippen LogP contribution in [0.25, 0.3) is 0 Å². The van der Waals surface area contributed by atoms with Crippen LogP contribution in [0.15, 0.2) is 0 Å². The Balaban J connectivity index is 2.32. The highest BCUT2D eigenvalue weighted by Gasteiger charge is 2.28. The van der Waals surface area contributed by atoms with E-state index in [1.807, 2.05) is 20.8 Å². The molecule has 0 N–H and O–H groups in total. The van der Waals surface area contributed by atoms with Gasteiger partial charge < -0.3 is 4.84 Å². The van der Waals surface area contributed by atoms with Crippen molar-refractivity contribution in [2.75, 3.05) is 18.4 Å². The number of piperidine rings is 1. The number of hydrogen-bond acceptors (Lipinski definition) is 4. The predicted molar refractivity (Wildman–Crippen MR) is 73.3 cm³/mol. The normalized spacial score (nSPS) is 18.7. The summed E-state index contributed by atoms with van der Waals surface area (Å²) in [6, 6.07) is 0. The van der Waals surface area contributed by atoms with Gasteiger partial charge in [0.15, 0.2) is 0 Å². The van der Waals surface area contributed by atoms with Crippen molar-refractivity contribution in [1.82, 2.24) is 5.06 Å². The fourth-order valence-corrected chi connectivity index (χ4v) is 2.06. The van der Waals surface area contributed by atoms with Crippen LogP contribution in [0, 0.1) is 11.3 Å². The van der Waals surface area contributed by atoms with E-state index < -0.39 is 5.41 Å². The minimum absolute atomic E-state index is 0.197. The Morgan fingerprint density at radius 1 is 1.28 bits per heavy atom. The predicted octanol–water partition coefficient (Wildman–Crippen LogP) is 2.56. The lowest BCUT2D eigenvalue weighted by Crippen LogP contribution is -2.39. The van der Waals surface area contributed by atoms with Gasteiger partial charge in [-0.2, -0.15) is 0 Å². The van der Waals surface area contributed by atoms with E-state index in [2.05, 4.69) is 15.9 Å². The van der Waals surface area contributed by atoms with E-state index in [9.17, 15) is 9.59 Å². The molecular weight excluding hydrogens is 298 g/mol. The average Bonchev–Trinajstić information content (AvgIpc) is 2.30. The lowest BCUT2D eigenvalue weighted by Gasteiger charge is -2.31. The highest BCUT2D eigenvalue weighted by atomic mass is 79.9. The molecule has 18 heavy (non-hydrogen) atoms. The standard InChI is InChI=1S/C13H22BrNO3/c1-13(2,3)12(17)18-15-6-4-10(5-7-15)8-11(16)9-14/h10H,4-9H2,1-3H3. The van der Waals surface area contributed by atoms with E-state index in [-0.39, 0.29) is 11.8 Å². The largest absolute Gasteiger partial charge is 0.367 e. The summed E-state index contributed by atoms with van der Waals surface area (Å²) in [6.07, 6.45) is 2.46. The second-order valence-corrected chi connectivity index (χ2v) is 6.44. The molecule has 0 aromatic heterocycles. The summed E-state index contributed by atoms with van der Waals surface area (Å²) in [5, 5.41) is 2.16. The number of carbonyl (C=O) groups is 2. The number of nitrogens with zero attached hydrogens (tertiary/aromatic N) is 1. The molecule has 0 unspecified atom stereocenters. The van der Waals surface area contributed by atoms with Crippen LogP contribution in [0.4, 0.5) is 0 Å². The number of hydroxylamine groups is 2. The highest BCUT2D eigenvalue weighted by Crippen LogP contribution is 2.23. The number of Topliss-reactive ketones (excluding diaryl/α,β-unsaturated/α-hetero) is 1. The summed E-state index contributed by atoms with van der Waals surface area (Å²) in [4.78, 5) is 28.4. The topological polar surface area (TPSA) is 46.6 Å². The Bertz CT molecular complexity index is 304. The number of carbonyl (C=O) groups excluding carboxylic acids is 2. The highest BCUT2D eigenvalue weighted by molar-refractivity contribution is 9.09. The SMILES string of the molecule is CC(C)(C)C(=O)ON1CCC(CC(=O)CBr)CC1. The molecule has 0 amide bonds. The summed E-state index contributed by atoms with van der Waals surface area (Å²) in [5.74, 6) is 0.484. The molecule has 0 saturated carbocycles. The maximum atomic E-state index is 11.7. The first-order chi connectivity index (χ1) is 8.32. The molecule has 1 heterocycles. The first-order valence-electron chi connectivity index (χ1n) is 6.38. The van der Waals surface area contributed by atoms with Crippen LogP contribution in [-0.2, 0) is 14.4 Å². The van der Waals surface area contributed by atoms with Crippen molar-refractivity contribution in [2.45, 2.75) is 40.0 Å². The van der Waals surface area contributed by atoms with Gasteiger partial charge in [-0.1, -0.05) is 15.9 Å². The number of halogens is 1. The molecule has 5 heteroatoms. The number of hydrogen-bond donors (Lipinski definition) is 0. The smallest absolute Gasteiger partial charge is 0.330 e. The van der Waals surface area contributed by atoms with Crippen molar-refractivity contribution in [3.63, 3.8) is 0 Å². The Labute approximate surface area is 117 Å². The van der Waals surface area contributed by atoms with Gasteiger partial charge in [-0.05, 0) is 39.5 Å². The fraction of sp³-hybridized carbons (Fsp3) is 0.846. The zero-order valence-electron chi connectivity index (χ0n) is 11.4. The van der Waals surface area contributed by atoms with Gasteiger partial charge in [-0.15, -0.1) is 5.06 Å². The lowest BCUT2D eigenvalue weighted by molar-refractivity contribution is -0.206. The third kappa shape index (κ3) is 5.06. The molecule has 1 fully saturated rings. The number of rotatable bonds is 4. The van der Waals surface area contributed by atoms with Crippen LogP contribution in [-0.4, -0.2) is 35.2 Å². The second kappa shape index (κ2) is 6.66. The maximum Gasteiger partial charge on any atom is 0.330 e. The van der Waals surface area contributed by atoms with Crippen LogP contribution in [0.5, 0.6) is 0 Å². The molecule has 0 atom stereocenters. The van der Waals surface area contributed by atoms with Gasteiger partial charge in [0.2, 0.25) is 0 Å². The molecule has 0 bridgehead atoms. The third-order valence-electron chi connectivity index (χ3n) is 3.06. The Morgan fingerprint density at radius 2 is 1.83 bits per heavy atom. The van der Waals surface area contributed by atoms with Crippen molar-refractivity contribution in [1.29, 1.82) is 0 Å². The van der Waals surface area contributed by atoms with Gasteiger partial charge in [0, 0.05) is 19.5 Å². The first kappa shape index (κ1) is 15.6. The molecule has 104 valence electrons. The Morgan fingerprint density at radius 3 is 2.28 bits per heavy atom. The van der Waals surface area contributed by atoms with Gasteiger partial charge in [-0.25, -0.2) is 4.79 Å². The van der Waals surface area contributed by atoms with E-state index >= 15 is 0 Å². The average molecular weight is 320 g/mol. The van der Waals surface area contributed by atoms with Gasteiger partial charge in [0.25, 0.3) is 0 Å². The molecule has 4 nitrogen and oxygen atoms in total. The Kier molecular flexibility index (Phi) is 5.79. The zero-order valence-corrected chi connectivity index (χ0v) is 13.0. The van der Waals surface area contributed by atoms with E-state index in [1.165, 1.54) is 0 Å². The summed E-state index contributed by atoms with van der Waals surface area (Å²) < 4.78 is 0. The van der Waals surface area contributed by atoms with E-state index in [0.29, 0.717) is 17.7 Å². The number of ketones is 1. The molecule has 0 aliphatic carbocycles. The lowest BCUT2D eigenvalue weighted by atomic mass is 9.93. The molecule has 1 aliphatic rings. The van der Waals surface area contributed by atoms with Crippen molar-refractivity contribution >= 4 is 27.7 Å². The summed E-state index contributed by atoms with van der Waals surface area (Å²) >= 11 is 3.18. The molecule has 0 spiro atoms. The summed E-state index contributed by atoms with van der Waals surface area (Å²) in [7, 11) is 0. The van der Waals surface area contributed by atoms with Gasteiger partial charge in [-0.3, -0.25) is 4.79 Å². The van der Waals surface area contributed by atoms with Gasteiger partial charge >= 0.3 is 5.97 Å². The Hall–Kier alpha value is -0.420. The van der Waals surface area contributed by atoms with Crippen LogP contribution in [0.2, 0.25) is 0 Å². The molecule has 0 radical (unpaired) electrons. The minimum atomic E-state index is -0.469. The van der Waals surface area contributed by atoms with E-state index in [1.54, 1.807) is 5.06 Å². The monoisotopic (exact) mass is 319 g/mol. The van der Waals surface area contributed by atoms with Crippen molar-refractivity contribution in [2.24, 2.45) is 11.3 Å². The fourth-order valence-electron chi connectivity index (χ4n) is 1.84. The minimum Gasteiger partial charge on any atom is -0.367 e. The molecule has 0 aromatic carbocycles. The molecule has 1 aliphatic heterocycles. The van der Waals surface area contributed by atoms with Crippen LogP contribution >= 0.6 is 15.9 Å². The van der Waals surface area contributed by atoms with Crippen LogP contribution in [0.3, 0.4) is 0 Å². The molecular formula is C13H22BrNO3. The summed E-state index contributed by atoms with van der Waals surface area (Å²) in [6.45, 7) is 6.98. The second-order valence-electron chi connectivity index (χ2n) is 5.88. The quantitative estimate of drug-likeness (QED) is 0.747. The third-order valence-corrected chi connectivity index (χ3v) is 3.69. The molecule has 1 rings (SSSR count). The van der Waals surface area contributed by atoms with Gasteiger partial charge in [0.05, 0.1) is 10.7 Å². The van der Waals surface area contributed by atoms with E-state index in [4.69, 9.17) is 4.84 Å². The van der Waals surface area contributed by atoms with Crippen molar-refractivity contribution < 1.29 is 14.4 Å². The van der Waals surface area contributed by atoms with Crippen LogP contribution < -0.4 is 0 Å². The zero-order chi connectivity index (χ0) is 13.8. The molecule has 0 aromatic rings. The van der Waals surface area contributed by atoms with E-state index in [0.717, 1.165) is 25.9 Å². The maximum absolute atomic E-state index is 11.7. The number of alkyl halides is 1. The summed E-state index contributed by atoms with van der Waals surface area (Å²) in [5.41, 5.74) is -0.469. The van der Waals surface area contributed by atoms with Crippen LogP contribution in [0.1, 0.15) is 40.0 Å². The van der Waals surface area contributed by atoms with Gasteiger partial charge in [0.1, 0.15) is 5.78 Å². The van der Waals surface area contributed by atoms with Crippen molar-refractivity contribution in [3.05, 3.63) is 0 Å².